The maximum Gasteiger partial charge on any atom is 0.227 e. The largest absolute Gasteiger partial charge is 0.298 e. The summed E-state index contributed by atoms with van der Waals surface area (Å²) in [5, 5.41) is 0. The van der Waals surface area contributed by atoms with E-state index in [-0.39, 0.29) is 5.91 Å². The molecule has 0 aliphatic carbocycles. The van der Waals surface area contributed by atoms with Crippen molar-refractivity contribution in [2.75, 3.05) is 0 Å². The van der Waals surface area contributed by atoms with E-state index in [9.17, 15) is 9.59 Å². The van der Waals surface area contributed by atoms with E-state index in [1.165, 1.54) is 11.5 Å². The molecule has 2 rings (SSSR count). The lowest BCUT2D eigenvalue weighted by Crippen LogP contribution is -2.06. The quantitative estimate of drug-likeness (QED) is 0.719. The van der Waals surface area contributed by atoms with Crippen molar-refractivity contribution < 1.29 is 9.59 Å². The third kappa shape index (κ3) is 1.67. The SMILES string of the molecule is CC(=O)n1ccc(C=O)c1-c1ccccc1. The number of hydrogen-bond acceptors (Lipinski definition) is 2. The van der Waals surface area contributed by atoms with Crippen molar-refractivity contribution in [2.45, 2.75) is 6.92 Å². The van der Waals surface area contributed by atoms with E-state index in [1.807, 2.05) is 30.3 Å². The van der Waals surface area contributed by atoms with E-state index in [0.29, 0.717) is 11.3 Å². The van der Waals surface area contributed by atoms with Crippen molar-refractivity contribution in [1.82, 2.24) is 4.57 Å². The van der Waals surface area contributed by atoms with Crippen molar-refractivity contribution in [3.05, 3.63) is 48.2 Å². The van der Waals surface area contributed by atoms with Crippen LogP contribution in [0.2, 0.25) is 0 Å². The van der Waals surface area contributed by atoms with E-state index < -0.39 is 0 Å². The topological polar surface area (TPSA) is 39.1 Å². The molecule has 0 aliphatic heterocycles. The van der Waals surface area contributed by atoms with Crippen molar-refractivity contribution in [3.8, 4) is 11.3 Å². The van der Waals surface area contributed by atoms with E-state index >= 15 is 0 Å². The molecule has 0 radical (unpaired) electrons. The zero-order chi connectivity index (χ0) is 11.5. The number of aldehydes is 1. The summed E-state index contributed by atoms with van der Waals surface area (Å²) in [6.07, 6.45) is 2.39. The van der Waals surface area contributed by atoms with Crippen molar-refractivity contribution in [1.29, 1.82) is 0 Å². The summed E-state index contributed by atoms with van der Waals surface area (Å²) in [4.78, 5) is 22.3. The van der Waals surface area contributed by atoms with Crippen LogP contribution in [0.15, 0.2) is 42.6 Å². The Morgan fingerprint density at radius 1 is 1.19 bits per heavy atom. The van der Waals surface area contributed by atoms with Crippen molar-refractivity contribution >= 4 is 12.2 Å². The summed E-state index contributed by atoms with van der Waals surface area (Å²) in [6, 6.07) is 11.0. The molecular weight excluding hydrogens is 202 g/mol. The smallest absolute Gasteiger partial charge is 0.227 e. The summed E-state index contributed by atoms with van der Waals surface area (Å²) in [6.45, 7) is 1.47. The van der Waals surface area contributed by atoms with Crippen LogP contribution < -0.4 is 0 Å². The predicted molar refractivity (Wildman–Crippen MR) is 61.6 cm³/mol. The van der Waals surface area contributed by atoms with Gasteiger partial charge in [0, 0.05) is 18.7 Å². The molecule has 1 aromatic carbocycles. The first-order valence-corrected chi connectivity index (χ1v) is 4.97. The lowest BCUT2D eigenvalue weighted by atomic mass is 10.1. The number of nitrogens with zero attached hydrogens (tertiary/aromatic N) is 1. The second kappa shape index (κ2) is 4.14. The minimum atomic E-state index is -0.105. The summed E-state index contributed by atoms with van der Waals surface area (Å²) in [7, 11) is 0. The Balaban J connectivity index is 2.66. The average molecular weight is 213 g/mol. The molecule has 0 aliphatic rings. The van der Waals surface area contributed by atoms with E-state index in [1.54, 1.807) is 12.3 Å². The highest BCUT2D eigenvalue weighted by Gasteiger charge is 2.12. The second-order valence-electron chi connectivity index (χ2n) is 3.49. The van der Waals surface area contributed by atoms with Gasteiger partial charge in [0.25, 0.3) is 0 Å². The minimum absolute atomic E-state index is 0.105. The molecule has 0 N–H and O–H groups in total. The number of benzene rings is 1. The molecule has 0 amide bonds. The Hall–Kier alpha value is -2.16. The van der Waals surface area contributed by atoms with Gasteiger partial charge in [-0.15, -0.1) is 0 Å². The van der Waals surface area contributed by atoms with Gasteiger partial charge in [-0.25, -0.2) is 0 Å². The third-order valence-electron chi connectivity index (χ3n) is 2.43. The first-order valence-electron chi connectivity index (χ1n) is 4.97. The van der Waals surface area contributed by atoms with Crippen LogP contribution in [0.25, 0.3) is 11.3 Å². The Bertz CT molecular complexity index is 526. The van der Waals surface area contributed by atoms with Gasteiger partial charge in [0.1, 0.15) is 0 Å². The lowest BCUT2D eigenvalue weighted by Gasteiger charge is -2.06. The molecule has 80 valence electrons. The van der Waals surface area contributed by atoms with Gasteiger partial charge in [-0.05, 0) is 11.6 Å². The molecule has 2 aromatic rings. The normalized spacial score (nSPS) is 10.1. The van der Waals surface area contributed by atoms with Crippen LogP contribution in [0.5, 0.6) is 0 Å². The number of hydrogen-bond donors (Lipinski definition) is 0. The van der Waals surface area contributed by atoms with Gasteiger partial charge < -0.3 is 0 Å². The zero-order valence-corrected chi connectivity index (χ0v) is 8.88. The van der Waals surface area contributed by atoms with Crippen LogP contribution in [0, 0.1) is 0 Å². The molecule has 0 saturated carbocycles. The number of carbonyl (C=O) groups is 2. The fourth-order valence-corrected chi connectivity index (χ4v) is 1.71. The Morgan fingerprint density at radius 2 is 1.88 bits per heavy atom. The van der Waals surface area contributed by atoms with E-state index in [4.69, 9.17) is 0 Å². The number of rotatable bonds is 2. The molecule has 0 atom stereocenters. The molecule has 3 nitrogen and oxygen atoms in total. The van der Waals surface area contributed by atoms with E-state index in [0.717, 1.165) is 11.8 Å². The molecule has 0 fully saturated rings. The Labute approximate surface area is 93.3 Å². The van der Waals surface area contributed by atoms with Crippen LogP contribution in [0.1, 0.15) is 22.1 Å². The van der Waals surface area contributed by atoms with Crippen molar-refractivity contribution in [3.63, 3.8) is 0 Å². The van der Waals surface area contributed by atoms with Crippen LogP contribution in [0.4, 0.5) is 0 Å². The molecule has 3 heteroatoms. The predicted octanol–water partition coefficient (Wildman–Crippen LogP) is 2.63. The van der Waals surface area contributed by atoms with Gasteiger partial charge in [-0.2, -0.15) is 0 Å². The molecule has 16 heavy (non-hydrogen) atoms. The van der Waals surface area contributed by atoms with Gasteiger partial charge in [-0.1, -0.05) is 30.3 Å². The van der Waals surface area contributed by atoms with Crippen LogP contribution in [0.3, 0.4) is 0 Å². The summed E-state index contributed by atoms with van der Waals surface area (Å²) in [5.74, 6) is -0.105. The van der Waals surface area contributed by atoms with Crippen molar-refractivity contribution in [2.24, 2.45) is 0 Å². The monoisotopic (exact) mass is 213 g/mol. The second-order valence-corrected chi connectivity index (χ2v) is 3.49. The first-order chi connectivity index (χ1) is 7.74. The fraction of sp³-hybridized carbons (Fsp3) is 0.0769. The third-order valence-corrected chi connectivity index (χ3v) is 2.43. The molecular formula is C13H11NO2. The number of carbonyl (C=O) groups excluding carboxylic acids is 2. The standard InChI is InChI=1S/C13H11NO2/c1-10(16)14-8-7-12(9-15)13(14)11-5-3-2-4-6-11/h2-9H,1H3. The number of aromatic nitrogens is 1. The van der Waals surface area contributed by atoms with Crippen LogP contribution in [-0.4, -0.2) is 16.8 Å². The zero-order valence-electron chi connectivity index (χ0n) is 8.88. The Morgan fingerprint density at radius 3 is 2.44 bits per heavy atom. The summed E-state index contributed by atoms with van der Waals surface area (Å²) >= 11 is 0. The molecule has 0 unspecified atom stereocenters. The lowest BCUT2D eigenvalue weighted by molar-refractivity contribution is 0.0939. The molecule has 0 saturated heterocycles. The summed E-state index contributed by atoms with van der Waals surface area (Å²) < 4.78 is 1.49. The highest BCUT2D eigenvalue weighted by molar-refractivity contribution is 5.92. The Kier molecular flexibility index (Phi) is 2.68. The average Bonchev–Trinajstić information content (AvgIpc) is 2.73. The molecule has 1 heterocycles. The maximum atomic E-state index is 11.4. The summed E-state index contributed by atoms with van der Waals surface area (Å²) in [5.41, 5.74) is 2.05. The maximum absolute atomic E-state index is 11.4. The van der Waals surface area contributed by atoms with Crippen LogP contribution >= 0.6 is 0 Å². The molecule has 0 spiro atoms. The van der Waals surface area contributed by atoms with Gasteiger partial charge >= 0.3 is 0 Å². The highest BCUT2D eigenvalue weighted by Crippen LogP contribution is 2.23. The molecule has 0 bridgehead atoms. The van der Waals surface area contributed by atoms with Crippen LogP contribution in [-0.2, 0) is 0 Å². The van der Waals surface area contributed by atoms with E-state index in [2.05, 4.69) is 0 Å². The fourth-order valence-electron chi connectivity index (χ4n) is 1.71. The van der Waals surface area contributed by atoms with Gasteiger partial charge in [0.2, 0.25) is 5.91 Å². The molecule has 1 aromatic heterocycles. The first kappa shape index (κ1) is 10.4. The van der Waals surface area contributed by atoms with Gasteiger partial charge in [0.15, 0.2) is 6.29 Å². The van der Waals surface area contributed by atoms with Gasteiger partial charge in [-0.3, -0.25) is 14.2 Å². The minimum Gasteiger partial charge on any atom is -0.298 e. The van der Waals surface area contributed by atoms with Gasteiger partial charge in [0.05, 0.1) is 5.69 Å². The highest BCUT2D eigenvalue weighted by atomic mass is 16.1.